The van der Waals surface area contributed by atoms with Crippen molar-refractivity contribution >= 4 is 59.6 Å². The molecule has 23 nitrogen and oxygen atoms in total. The van der Waals surface area contributed by atoms with Gasteiger partial charge in [-0.15, -0.1) is 0 Å². The van der Waals surface area contributed by atoms with Gasteiger partial charge in [-0.05, 0) is 255 Å². The van der Waals surface area contributed by atoms with Gasteiger partial charge in [0.15, 0.2) is 0 Å². The van der Waals surface area contributed by atoms with Crippen molar-refractivity contribution in [2.45, 2.75) is 382 Å². The number of esters is 7. The Bertz CT molecular complexity index is 2270. The van der Waals surface area contributed by atoms with Crippen LogP contribution in [0.5, 0.6) is 0 Å². The Hall–Kier alpha value is -5.42. The van der Waals surface area contributed by atoms with E-state index < -0.39 is 133 Å². The Balaban J connectivity index is 7.90. The van der Waals surface area contributed by atoms with Crippen molar-refractivity contribution < 1.29 is 96.0 Å². The minimum atomic E-state index is -1.42. The number of ether oxygens (including phenoxy) is 7. The molecule has 5 N–H and O–H groups in total. The monoisotopic (exact) mass is 1330 g/mol. The second-order valence-corrected chi connectivity index (χ2v) is 33.2. The minimum absolute atomic E-state index is 0.0216. The fourth-order valence-electron chi connectivity index (χ4n) is 10.0. The third kappa shape index (κ3) is 48.0. The zero-order valence-corrected chi connectivity index (χ0v) is 61.7. The Morgan fingerprint density at radius 1 is 0.333 bits per heavy atom. The van der Waals surface area contributed by atoms with Gasteiger partial charge in [-0.25, -0.2) is 4.79 Å². The largest absolute Gasteiger partial charge is 0.460 e. The molecule has 0 saturated heterocycles. The van der Waals surface area contributed by atoms with Crippen molar-refractivity contribution in [1.29, 1.82) is 0 Å². The first-order valence-corrected chi connectivity index (χ1v) is 33.3. The highest BCUT2D eigenvalue weighted by Gasteiger charge is 2.40. The number of aliphatic hydroxyl groups excluding tert-OH is 1. The molecule has 23 heteroatoms. The molecule has 0 aromatic heterocycles. The number of hydrogen-bond donors (Lipinski definition) is 4. The van der Waals surface area contributed by atoms with Gasteiger partial charge in [0.2, 0.25) is 11.8 Å². The van der Waals surface area contributed by atoms with E-state index in [1.165, 1.54) is 0 Å². The highest BCUT2D eigenvalue weighted by atomic mass is 17.2. The smallest absolute Gasteiger partial charge is 0.342 e. The molecule has 0 fully saturated rings. The van der Waals surface area contributed by atoms with Gasteiger partial charge in [-0.3, -0.25) is 48.0 Å². The molecule has 0 bridgehead atoms. The fourth-order valence-corrected chi connectivity index (χ4v) is 10.0. The van der Waals surface area contributed by atoms with Crippen LogP contribution in [0.2, 0.25) is 0 Å². The van der Waals surface area contributed by atoms with Crippen LogP contribution in [-0.2, 0) is 90.9 Å². The lowest BCUT2D eigenvalue weighted by Crippen LogP contribution is -2.51. The number of hydrogen-bond acceptors (Lipinski definition) is 21. The average Bonchev–Trinajstić information content (AvgIpc) is 0.957. The van der Waals surface area contributed by atoms with Gasteiger partial charge >= 0.3 is 47.8 Å². The molecule has 93 heavy (non-hydrogen) atoms. The van der Waals surface area contributed by atoms with Crippen LogP contribution in [0.4, 0.5) is 0 Å². The van der Waals surface area contributed by atoms with Crippen LogP contribution in [0.3, 0.4) is 0 Å². The molecule has 2 atom stereocenters. The van der Waals surface area contributed by atoms with Crippen molar-refractivity contribution in [1.82, 2.24) is 10.6 Å². The van der Waals surface area contributed by atoms with Gasteiger partial charge < -0.3 is 54.6 Å². The first kappa shape index (κ1) is 87.6. The maximum atomic E-state index is 14.8. The molecule has 0 aromatic rings. The molecule has 0 aliphatic carbocycles. The van der Waals surface area contributed by atoms with Gasteiger partial charge in [-0.1, -0.05) is 0 Å². The van der Waals surface area contributed by atoms with E-state index in [9.17, 15) is 53.1 Å². The lowest BCUT2D eigenvalue weighted by atomic mass is 9.70. The van der Waals surface area contributed by atoms with Gasteiger partial charge in [-0.2, -0.15) is 4.89 Å². The standard InChI is InChI=1S/C70H125N3O20/c1-60(2,3)85-52(77)27-25-48(26-28-53(78)86-61(4,5)6)72-50(75)30-42-69(71,43-31-51(76)73-70(44-35-56(81)89-64(13,14)15,45-36-57(82)90-65(16,17)18)46-37-58(83)91-66(19,20)21)41-29-49(74)47-68(38-32-54(79)87-62(7,8)9,39-33-55(80)88-63(10,11)12)40-34-59(84)92-93-67(22,23)24/h48-49,74H,25-47,71H2,1-24H3,(H,72,75)(H,73,76)/t49-,69?/m0/s1. The van der Waals surface area contributed by atoms with Crippen LogP contribution in [0.1, 0.15) is 314 Å². The maximum absolute atomic E-state index is 14.8. The molecule has 2 amide bonds. The third-order valence-electron chi connectivity index (χ3n) is 13.8. The molecule has 0 spiro atoms. The SMILES string of the molecule is CC(C)(C)OOC(=O)CCC(CCC(=O)OC(C)(C)C)(CCC(=O)OC(C)(C)C)C[C@@H](O)CCC(N)(CCC(=O)NC(CCC(=O)OC(C)(C)C)CCC(=O)OC(C)(C)C)CCC(=O)NC(CCC(=O)OC(C)(C)C)(CCC(=O)OC(C)(C)C)CCC(=O)OC(C)(C)C. The minimum Gasteiger partial charge on any atom is -0.460 e. The van der Waals surface area contributed by atoms with Crippen molar-refractivity contribution in [3.05, 3.63) is 0 Å². The van der Waals surface area contributed by atoms with Crippen LogP contribution < -0.4 is 16.4 Å². The third-order valence-corrected chi connectivity index (χ3v) is 13.8. The van der Waals surface area contributed by atoms with Gasteiger partial charge in [0, 0.05) is 81.3 Å². The second-order valence-electron chi connectivity index (χ2n) is 33.2. The van der Waals surface area contributed by atoms with Crippen molar-refractivity contribution in [2.24, 2.45) is 11.1 Å². The molecule has 1 unspecified atom stereocenters. The number of amides is 2. The molecular weight excluding hydrogens is 1200 g/mol. The Morgan fingerprint density at radius 2 is 0.613 bits per heavy atom. The summed E-state index contributed by atoms with van der Waals surface area (Å²) >= 11 is 0. The normalized spacial score (nSPS) is 14.0. The topological polar surface area (TPSA) is 324 Å². The molecule has 0 rings (SSSR count). The van der Waals surface area contributed by atoms with Crippen molar-refractivity contribution in [3.8, 4) is 0 Å². The molecular formula is C70H125N3O20. The van der Waals surface area contributed by atoms with Crippen LogP contribution in [0, 0.1) is 5.41 Å². The van der Waals surface area contributed by atoms with E-state index >= 15 is 0 Å². The molecule has 0 aromatic carbocycles. The van der Waals surface area contributed by atoms with Gasteiger partial charge in [0.1, 0.15) is 44.8 Å². The Morgan fingerprint density at radius 3 is 0.914 bits per heavy atom. The molecule has 540 valence electrons. The van der Waals surface area contributed by atoms with E-state index in [1.54, 1.807) is 166 Å². The molecule has 0 aliphatic heterocycles. The Kier molecular flexibility index (Phi) is 35.0. The number of aliphatic hydroxyl groups is 1. The van der Waals surface area contributed by atoms with Crippen molar-refractivity contribution in [3.63, 3.8) is 0 Å². The first-order valence-electron chi connectivity index (χ1n) is 33.3. The van der Waals surface area contributed by atoms with E-state index in [0.717, 1.165) is 0 Å². The summed E-state index contributed by atoms with van der Waals surface area (Å²) in [6, 6.07) is -0.695. The maximum Gasteiger partial charge on any atom is 0.342 e. The highest BCUT2D eigenvalue weighted by Crippen LogP contribution is 2.42. The van der Waals surface area contributed by atoms with Crippen LogP contribution >= 0.6 is 0 Å². The van der Waals surface area contributed by atoms with E-state index in [2.05, 4.69) is 10.6 Å². The molecule has 0 heterocycles. The lowest BCUT2D eigenvalue weighted by molar-refractivity contribution is -0.320. The first-order chi connectivity index (χ1) is 41.8. The van der Waals surface area contributed by atoms with Gasteiger partial charge in [0.25, 0.3) is 0 Å². The molecule has 0 radical (unpaired) electrons. The Labute approximate surface area is 557 Å². The molecule has 0 saturated carbocycles. The second kappa shape index (κ2) is 37.2. The summed E-state index contributed by atoms with van der Waals surface area (Å²) in [7, 11) is 0. The number of nitrogens with two attached hydrogens (primary N) is 1. The zero-order valence-electron chi connectivity index (χ0n) is 61.7. The number of nitrogens with one attached hydrogen (secondary N) is 2. The molecule has 0 aliphatic rings. The van der Waals surface area contributed by atoms with Crippen molar-refractivity contribution in [2.75, 3.05) is 0 Å². The summed E-state index contributed by atoms with van der Waals surface area (Å²) in [5.41, 5.74) is -3.19. The number of carbonyl (C=O) groups excluding carboxylic acids is 10. The summed E-state index contributed by atoms with van der Waals surface area (Å²) < 4.78 is 39.4. The van der Waals surface area contributed by atoms with Gasteiger partial charge in [0.05, 0.1) is 6.10 Å². The predicted octanol–water partition coefficient (Wildman–Crippen LogP) is 12.0. The lowest BCUT2D eigenvalue weighted by Gasteiger charge is -2.38. The van der Waals surface area contributed by atoms with Crippen LogP contribution in [0.25, 0.3) is 0 Å². The van der Waals surface area contributed by atoms with E-state index in [-0.39, 0.29) is 148 Å². The fraction of sp³-hybridized carbons (Fsp3) is 0.857. The predicted molar refractivity (Wildman–Crippen MR) is 352 cm³/mol. The summed E-state index contributed by atoms with van der Waals surface area (Å²) in [5.74, 6) is -5.66. The zero-order chi connectivity index (χ0) is 72.5. The summed E-state index contributed by atoms with van der Waals surface area (Å²) in [5, 5.41) is 18.4. The summed E-state index contributed by atoms with van der Waals surface area (Å²) in [4.78, 5) is 146. The van der Waals surface area contributed by atoms with E-state index in [4.69, 9.17) is 48.7 Å². The average molecular weight is 1330 g/mol. The highest BCUT2D eigenvalue weighted by molar-refractivity contribution is 5.79. The number of carbonyl (C=O) groups is 10. The number of rotatable bonds is 38. The van der Waals surface area contributed by atoms with E-state index in [0.29, 0.717) is 0 Å². The van der Waals surface area contributed by atoms with Crippen LogP contribution in [-0.4, -0.2) is 133 Å². The summed E-state index contributed by atoms with van der Waals surface area (Å²) in [6.45, 7) is 41.3. The quantitative estimate of drug-likeness (QED) is 0.0193. The van der Waals surface area contributed by atoms with Crippen LogP contribution in [0.15, 0.2) is 0 Å². The summed E-state index contributed by atoms with van der Waals surface area (Å²) in [6.07, 6.45) is -3.26. The van der Waals surface area contributed by atoms with E-state index in [1.807, 2.05) is 0 Å².